The third kappa shape index (κ3) is 4.11. The van der Waals surface area contributed by atoms with Crippen molar-refractivity contribution in [2.24, 2.45) is 0 Å². The average Bonchev–Trinajstić information content (AvgIpc) is 3.63. The lowest BCUT2D eigenvalue weighted by Gasteiger charge is -2.12. The fraction of sp³-hybridized carbons (Fsp3) is 0.167. The fourth-order valence-corrected chi connectivity index (χ4v) is 3.26. The Labute approximate surface area is 173 Å². The van der Waals surface area contributed by atoms with E-state index < -0.39 is 5.95 Å². The van der Waals surface area contributed by atoms with E-state index in [-0.39, 0.29) is 23.7 Å². The predicted octanol–water partition coefficient (Wildman–Crippen LogP) is 4.32. The Morgan fingerprint density at radius 1 is 1.07 bits per heavy atom. The van der Waals surface area contributed by atoms with Crippen LogP contribution in [0.15, 0.2) is 60.7 Å². The van der Waals surface area contributed by atoms with Gasteiger partial charge in [-0.2, -0.15) is 9.65 Å². The topological polar surface area (TPSA) is 89.6 Å². The van der Waals surface area contributed by atoms with Crippen LogP contribution in [0.4, 0.5) is 4.39 Å². The number of hydrogen-bond acceptors (Lipinski definition) is 4. The van der Waals surface area contributed by atoms with Crippen LogP contribution in [0.3, 0.4) is 0 Å². The van der Waals surface area contributed by atoms with E-state index in [9.17, 15) is 9.18 Å². The first-order chi connectivity index (χ1) is 14.6. The van der Waals surface area contributed by atoms with E-state index >= 15 is 0 Å². The molecule has 4 rings (SSSR count). The lowest BCUT2D eigenvalue weighted by molar-refractivity contribution is 0.0950. The molecule has 5 nitrogen and oxygen atoms in total. The first-order valence-electron chi connectivity index (χ1n) is 9.69. The molecular formula is C24H19FN4O. The Bertz CT molecular complexity index is 1160. The molecule has 3 aromatic rings. The molecular weight excluding hydrogens is 379 g/mol. The van der Waals surface area contributed by atoms with E-state index in [1.165, 1.54) is 0 Å². The van der Waals surface area contributed by atoms with Crippen molar-refractivity contribution < 1.29 is 9.18 Å². The van der Waals surface area contributed by atoms with Gasteiger partial charge in [0.25, 0.3) is 5.91 Å². The Morgan fingerprint density at radius 2 is 1.77 bits per heavy atom. The molecule has 148 valence electrons. The number of halogens is 1. The summed E-state index contributed by atoms with van der Waals surface area (Å²) in [7, 11) is 0. The van der Waals surface area contributed by atoms with Crippen LogP contribution in [0.1, 0.15) is 57.1 Å². The summed E-state index contributed by atoms with van der Waals surface area (Å²) in [6, 6.07) is 19.0. The highest BCUT2D eigenvalue weighted by Gasteiger charge is 2.26. The normalized spacial score (nSPS) is 12.8. The zero-order chi connectivity index (χ0) is 21.1. The van der Waals surface area contributed by atoms with E-state index in [0.29, 0.717) is 22.6 Å². The van der Waals surface area contributed by atoms with Gasteiger partial charge in [-0.1, -0.05) is 30.3 Å². The fourth-order valence-electron chi connectivity index (χ4n) is 3.26. The largest absolute Gasteiger partial charge is 0.348 e. The van der Waals surface area contributed by atoms with Crippen molar-refractivity contribution in [3.63, 3.8) is 0 Å². The van der Waals surface area contributed by atoms with Crippen LogP contribution in [-0.4, -0.2) is 16.6 Å². The van der Waals surface area contributed by atoms with Gasteiger partial charge in [0.2, 0.25) is 5.95 Å². The van der Waals surface area contributed by atoms with Crippen LogP contribution >= 0.6 is 0 Å². The summed E-state index contributed by atoms with van der Waals surface area (Å²) in [5.41, 5.74) is 2.75. The minimum Gasteiger partial charge on any atom is -0.348 e. The molecule has 1 aliphatic carbocycles. The number of nitrogens with one attached hydrogen (secondary N) is 2. The van der Waals surface area contributed by atoms with E-state index in [4.69, 9.17) is 10.7 Å². The van der Waals surface area contributed by atoms with Crippen molar-refractivity contribution in [2.75, 3.05) is 0 Å². The highest BCUT2D eigenvalue weighted by molar-refractivity contribution is 6.16. The van der Waals surface area contributed by atoms with Gasteiger partial charge < -0.3 is 5.32 Å². The van der Waals surface area contributed by atoms with Crippen molar-refractivity contribution in [2.45, 2.75) is 25.3 Å². The van der Waals surface area contributed by atoms with Crippen LogP contribution < -0.4 is 5.32 Å². The molecule has 1 saturated carbocycles. The van der Waals surface area contributed by atoms with E-state index in [1.807, 2.05) is 0 Å². The van der Waals surface area contributed by atoms with Crippen LogP contribution in [0.5, 0.6) is 0 Å². The molecule has 2 N–H and O–H groups in total. The molecule has 30 heavy (non-hydrogen) atoms. The van der Waals surface area contributed by atoms with Gasteiger partial charge in [-0.25, -0.2) is 4.98 Å². The number of benzene rings is 2. The molecule has 1 amide bonds. The second-order valence-corrected chi connectivity index (χ2v) is 7.26. The number of amides is 1. The molecule has 0 aliphatic heterocycles. The van der Waals surface area contributed by atoms with Crippen molar-refractivity contribution >= 4 is 11.6 Å². The molecule has 0 unspecified atom stereocenters. The molecule has 1 aromatic heterocycles. The smallest absolute Gasteiger partial charge is 0.252 e. The summed E-state index contributed by atoms with van der Waals surface area (Å²) < 4.78 is 14.6. The number of aromatic nitrogens is 1. The summed E-state index contributed by atoms with van der Waals surface area (Å²) in [6.45, 7) is 0.276. The molecule has 0 spiro atoms. The Hall–Kier alpha value is -3.85. The van der Waals surface area contributed by atoms with Gasteiger partial charge in [-0.15, -0.1) is 0 Å². The molecule has 2 aromatic carbocycles. The van der Waals surface area contributed by atoms with Gasteiger partial charge in [0.05, 0.1) is 22.9 Å². The van der Waals surface area contributed by atoms with Gasteiger partial charge in [0.1, 0.15) is 0 Å². The number of nitriles is 1. The van der Waals surface area contributed by atoms with E-state index in [2.05, 4.69) is 16.4 Å². The average molecular weight is 398 g/mol. The number of hydrogen-bond donors (Lipinski definition) is 2. The van der Waals surface area contributed by atoms with Gasteiger partial charge >= 0.3 is 0 Å². The van der Waals surface area contributed by atoms with Crippen molar-refractivity contribution in [3.05, 3.63) is 100 Å². The number of carbonyl (C=O) groups is 1. The van der Waals surface area contributed by atoms with Crippen molar-refractivity contribution in [3.8, 4) is 6.07 Å². The van der Waals surface area contributed by atoms with Crippen LogP contribution in [0, 0.1) is 22.7 Å². The van der Waals surface area contributed by atoms with Crippen molar-refractivity contribution in [1.29, 1.82) is 10.7 Å². The maximum atomic E-state index is 14.6. The quantitative estimate of drug-likeness (QED) is 0.479. The third-order valence-electron chi connectivity index (χ3n) is 5.11. The first-order valence-corrected chi connectivity index (χ1v) is 9.69. The number of rotatable bonds is 6. The molecule has 0 bridgehead atoms. The number of nitrogens with zero attached hydrogens (tertiary/aromatic N) is 2. The first kappa shape index (κ1) is 19.5. The third-order valence-corrected chi connectivity index (χ3v) is 5.11. The van der Waals surface area contributed by atoms with E-state index in [1.54, 1.807) is 60.7 Å². The number of pyridine rings is 1. The zero-order valence-electron chi connectivity index (χ0n) is 16.2. The molecule has 0 atom stereocenters. The molecule has 1 aliphatic rings. The van der Waals surface area contributed by atoms with Gasteiger partial charge in [-0.05, 0) is 48.7 Å². The SMILES string of the molecule is N#Cc1ccc(CNC(=O)c2ccccc2C(=N)c2ccc(C3CC3)nc2F)cc1. The summed E-state index contributed by atoms with van der Waals surface area (Å²) in [5.74, 6) is -0.720. The van der Waals surface area contributed by atoms with Crippen LogP contribution in [0.25, 0.3) is 0 Å². The number of carbonyl (C=O) groups excluding carboxylic acids is 1. The molecule has 0 saturated heterocycles. The minimum absolute atomic E-state index is 0.0757. The van der Waals surface area contributed by atoms with Crippen LogP contribution in [-0.2, 0) is 6.54 Å². The summed E-state index contributed by atoms with van der Waals surface area (Å²) in [6.07, 6.45) is 2.04. The lowest BCUT2D eigenvalue weighted by atomic mass is 9.97. The standard InChI is InChI=1S/C24H19FN4O/c25-23-20(11-12-21(29-23)17-9-10-17)22(27)18-3-1-2-4-19(18)24(30)28-14-16-7-5-15(13-26)6-8-16/h1-8,11-12,17,27H,9-10,14H2,(H,28,30). The monoisotopic (exact) mass is 398 g/mol. The molecule has 1 fully saturated rings. The maximum absolute atomic E-state index is 14.6. The maximum Gasteiger partial charge on any atom is 0.252 e. The Balaban J connectivity index is 1.53. The second kappa shape index (κ2) is 8.26. The highest BCUT2D eigenvalue weighted by atomic mass is 19.1. The lowest BCUT2D eigenvalue weighted by Crippen LogP contribution is -2.25. The van der Waals surface area contributed by atoms with Gasteiger partial charge in [-0.3, -0.25) is 10.2 Å². The molecule has 6 heteroatoms. The Morgan fingerprint density at radius 3 is 2.40 bits per heavy atom. The molecule has 1 heterocycles. The van der Waals surface area contributed by atoms with E-state index in [0.717, 1.165) is 24.1 Å². The predicted molar refractivity (Wildman–Crippen MR) is 111 cm³/mol. The van der Waals surface area contributed by atoms with Crippen LogP contribution in [0.2, 0.25) is 0 Å². The van der Waals surface area contributed by atoms with Gasteiger partial charge in [0, 0.05) is 29.3 Å². The summed E-state index contributed by atoms with van der Waals surface area (Å²) in [5, 5.41) is 20.2. The Kier molecular flexibility index (Phi) is 5.36. The highest BCUT2D eigenvalue weighted by Crippen LogP contribution is 2.39. The molecule has 0 radical (unpaired) electrons. The van der Waals surface area contributed by atoms with Crippen molar-refractivity contribution in [1.82, 2.24) is 10.3 Å². The summed E-state index contributed by atoms with van der Waals surface area (Å²) >= 11 is 0. The van der Waals surface area contributed by atoms with Gasteiger partial charge in [0.15, 0.2) is 0 Å². The zero-order valence-corrected chi connectivity index (χ0v) is 16.2. The second-order valence-electron chi connectivity index (χ2n) is 7.26. The summed E-state index contributed by atoms with van der Waals surface area (Å²) in [4.78, 5) is 16.8. The minimum atomic E-state index is -0.683.